The van der Waals surface area contributed by atoms with Crippen molar-refractivity contribution in [2.24, 2.45) is 4.99 Å². The van der Waals surface area contributed by atoms with Crippen LogP contribution in [0.15, 0.2) is 41.7 Å². The van der Waals surface area contributed by atoms with Crippen LogP contribution in [0.1, 0.15) is 27.0 Å². The van der Waals surface area contributed by atoms with E-state index in [1.165, 1.54) is 43.3 Å². The molecule has 196 valence electrons. The number of anilines is 2. The number of methoxy groups -OCH3 is 1. The first-order valence-electron chi connectivity index (χ1n) is 10.4. The van der Waals surface area contributed by atoms with Gasteiger partial charge in [-0.05, 0) is 29.3 Å². The van der Waals surface area contributed by atoms with Crippen molar-refractivity contribution >= 4 is 31.0 Å². The van der Waals surface area contributed by atoms with Gasteiger partial charge in [0.2, 0.25) is 5.95 Å². The van der Waals surface area contributed by atoms with Crippen molar-refractivity contribution in [3.63, 3.8) is 0 Å². The van der Waals surface area contributed by atoms with Gasteiger partial charge in [-0.2, -0.15) is 22.9 Å². The van der Waals surface area contributed by atoms with Crippen LogP contribution in [0.2, 0.25) is 0 Å². The smallest absolute Gasteiger partial charge is 0.421 e. The largest absolute Gasteiger partial charge is 0.495 e. The van der Waals surface area contributed by atoms with Crippen molar-refractivity contribution in [3.05, 3.63) is 64.4 Å². The Hall–Kier alpha value is -3.94. The van der Waals surface area contributed by atoms with E-state index in [0.29, 0.717) is 16.5 Å². The standard InChI is InChI=1S/C21H20F3N6O6P/c1-29-9-12-5-6-30(32)18(16(12)19(29)31)27-17-13(21(22,23)24)8-25-20(28-17)26-14-4-3-11(7-15(14)36-2)10-37(33,34)35/h3-8,32H,9-10H2,1-2H3,(H,25,26,28)(H2,33,34,35). The van der Waals surface area contributed by atoms with Crippen LogP contribution in [-0.4, -0.2) is 54.7 Å². The Morgan fingerprint density at radius 2 is 2.00 bits per heavy atom. The summed E-state index contributed by atoms with van der Waals surface area (Å²) < 4.78 is 58.1. The minimum atomic E-state index is -4.90. The van der Waals surface area contributed by atoms with Crippen LogP contribution in [0.5, 0.6) is 5.75 Å². The molecule has 1 amide bonds. The summed E-state index contributed by atoms with van der Waals surface area (Å²) in [6, 6.07) is 5.59. The summed E-state index contributed by atoms with van der Waals surface area (Å²) in [7, 11) is -1.56. The average molecular weight is 540 g/mol. The van der Waals surface area contributed by atoms with Crippen LogP contribution in [0, 0.1) is 0 Å². The third-order valence-corrected chi connectivity index (χ3v) is 6.11. The van der Waals surface area contributed by atoms with E-state index in [1.807, 2.05) is 0 Å². The first-order chi connectivity index (χ1) is 17.3. The molecule has 0 saturated carbocycles. The number of fused-ring (bicyclic) bond motifs is 1. The fourth-order valence-electron chi connectivity index (χ4n) is 3.68. The zero-order valence-electron chi connectivity index (χ0n) is 19.3. The first kappa shape index (κ1) is 26.1. The van der Waals surface area contributed by atoms with Gasteiger partial charge in [0.25, 0.3) is 5.91 Å². The Labute approximate surface area is 206 Å². The molecule has 1 aliphatic rings. The Morgan fingerprint density at radius 1 is 1.27 bits per heavy atom. The highest BCUT2D eigenvalue weighted by Gasteiger charge is 2.36. The molecule has 3 heterocycles. The van der Waals surface area contributed by atoms with Crippen molar-refractivity contribution in [3.8, 4) is 5.75 Å². The van der Waals surface area contributed by atoms with Gasteiger partial charge in [-0.15, -0.1) is 0 Å². The summed E-state index contributed by atoms with van der Waals surface area (Å²) in [4.78, 5) is 43.7. The number of carbonyl (C=O) groups excluding carboxylic acids is 1. The van der Waals surface area contributed by atoms with Crippen molar-refractivity contribution in [2.45, 2.75) is 18.9 Å². The second kappa shape index (κ2) is 9.50. The SMILES string of the molecule is COc1cc(CP(=O)(O)O)ccc1Nc1ncc(C(F)(F)F)c(N=c2c3c(ccn2O)CN(C)C3=O)n1. The van der Waals surface area contributed by atoms with E-state index in [9.17, 15) is 37.5 Å². The van der Waals surface area contributed by atoms with Crippen LogP contribution in [0.25, 0.3) is 0 Å². The zero-order chi connectivity index (χ0) is 27.1. The highest BCUT2D eigenvalue weighted by atomic mass is 31.2. The molecule has 1 aromatic carbocycles. The topological polar surface area (TPSA) is 162 Å². The lowest BCUT2D eigenvalue weighted by Crippen LogP contribution is -2.28. The van der Waals surface area contributed by atoms with Crippen LogP contribution in [0.3, 0.4) is 0 Å². The van der Waals surface area contributed by atoms with Gasteiger partial charge in [0.15, 0.2) is 11.3 Å². The van der Waals surface area contributed by atoms with Gasteiger partial charge in [-0.25, -0.2) is 9.98 Å². The average Bonchev–Trinajstić information content (AvgIpc) is 3.09. The third kappa shape index (κ3) is 5.58. The first-order valence-corrected chi connectivity index (χ1v) is 12.2. The number of benzene rings is 1. The van der Waals surface area contributed by atoms with E-state index in [2.05, 4.69) is 20.3 Å². The minimum absolute atomic E-state index is 0.0592. The molecule has 0 radical (unpaired) electrons. The molecule has 0 unspecified atom stereocenters. The fourth-order valence-corrected chi connectivity index (χ4v) is 4.35. The van der Waals surface area contributed by atoms with E-state index in [-0.39, 0.29) is 35.1 Å². The number of hydrogen-bond donors (Lipinski definition) is 4. The van der Waals surface area contributed by atoms with Gasteiger partial charge in [0.1, 0.15) is 11.3 Å². The lowest BCUT2D eigenvalue weighted by Gasteiger charge is -2.14. The Kier molecular flexibility index (Phi) is 6.71. The van der Waals surface area contributed by atoms with Gasteiger partial charge in [-0.3, -0.25) is 9.36 Å². The molecular weight excluding hydrogens is 520 g/mol. The molecule has 0 aliphatic carbocycles. The molecule has 4 rings (SSSR count). The maximum atomic E-state index is 13.7. The molecular formula is C21H20F3N6O6P. The van der Waals surface area contributed by atoms with Crippen LogP contribution in [-0.2, 0) is 23.4 Å². The fraction of sp³-hybridized carbons (Fsp3) is 0.238. The number of halogens is 3. The second-order valence-electron chi connectivity index (χ2n) is 8.07. The second-order valence-corrected chi connectivity index (χ2v) is 9.71. The lowest BCUT2D eigenvalue weighted by molar-refractivity contribution is -0.137. The van der Waals surface area contributed by atoms with Crippen LogP contribution < -0.4 is 15.5 Å². The van der Waals surface area contributed by atoms with E-state index in [0.717, 1.165) is 6.20 Å². The number of alkyl halides is 3. The quantitative estimate of drug-likeness (QED) is 0.272. The van der Waals surface area contributed by atoms with Crippen molar-refractivity contribution in [2.75, 3.05) is 19.5 Å². The van der Waals surface area contributed by atoms with Gasteiger partial charge in [0.05, 0.1) is 24.5 Å². The maximum absolute atomic E-state index is 13.7. The molecule has 0 atom stereocenters. The zero-order valence-corrected chi connectivity index (χ0v) is 20.2. The maximum Gasteiger partial charge on any atom is 0.421 e. The van der Waals surface area contributed by atoms with Gasteiger partial charge in [0, 0.05) is 26.0 Å². The van der Waals surface area contributed by atoms with Crippen molar-refractivity contribution in [1.29, 1.82) is 0 Å². The van der Waals surface area contributed by atoms with Crippen LogP contribution >= 0.6 is 7.60 Å². The normalized spacial score (nSPS) is 14.2. The molecule has 0 fully saturated rings. The van der Waals surface area contributed by atoms with E-state index in [4.69, 9.17) is 4.74 Å². The third-order valence-electron chi connectivity index (χ3n) is 5.33. The number of hydrogen-bond acceptors (Lipinski definition) is 8. The summed E-state index contributed by atoms with van der Waals surface area (Å²) >= 11 is 0. The van der Waals surface area contributed by atoms with E-state index >= 15 is 0 Å². The monoisotopic (exact) mass is 540 g/mol. The summed E-state index contributed by atoms with van der Waals surface area (Å²) in [5, 5.41) is 12.9. The molecule has 0 saturated heterocycles. The minimum Gasteiger partial charge on any atom is -0.495 e. The number of pyridine rings is 1. The van der Waals surface area contributed by atoms with E-state index in [1.54, 1.807) is 0 Å². The Balaban J connectivity index is 1.81. The van der Waals surface area contributed by atoms with Crippen molar-refractivity contribution < 1.29 is 42.3 Å². The molecule has 2 aromatic heterocycles. The predicted octanol–water partition coefficient (Wildman–Crippen LogP) is 2.78. The summed E-state index contributed by atoms with van der Waals surface area (Å²) in [5.41, 5.74) is -0.870. The summed E-state index contributed by atoms with van der Waals surface area (Å²) in [6.07, 6.45) is -3.79. The number of nitrogens with one attached hydrogen (secondary N) is 1. The molecule has 37 heavy (non-hydrogen) atoms. The lowest BCUT2D eigenvalue weighted by atomic mass is 10.2. The molecule has 0 bridgehead atoms. The number of aromatic nitrogens is 3. The molecule has 1 aliphatic heterocycles. The number of amides is 1. The van der Waals surface area contributed by atoms with Gasteiger partial charge < -0.3 is 29.9 Å². The Bertz CT molecular complexity index is 1500. The highest BCUT2D eigenvalue weighted by molar-refractivity contribution is 7.50. The number of ether oxygens (including phenoxy) is 1. The predicted molar refractivity (Wildman–Crippen MR) is 122 cm³/mol. The van der Waals surface area contributed by atoms with Crippen LogP contribution in [0.4, 0.5) is 30.6 Å². The summed E-state index contributed by atoms with van der Waals surface area (Å²) in [6.45, 7) is 0.193. The Morgan fingerprint density at radius 3 is 2.65 bits per heavy atom. The van der Waals surface area contributed by atoms with Crippen molar-refractivity contribution in [1.82, 2.24) is 19.6 Å². The number of carbonyl (C=O) groups is 1. The van der Waals surface area contributed by atoms with Gasteiger partial charge in [-0.1, -0.05) is 6.07 Å². The number of rotatable bonds is 6. The molecule has 4 N–H and O–H groups in total. The summed E-state index contributed by atoms with van der Waals surface area (Å²) in [5.74, 6) is -1.59. The molecule has 0 spiro atoms. The molecule has 12 nitrogen and oxygen atoms in total. The molecule has 3 aromatic rings. The highest BCUT2D eigenvalue weighted by Crippen LogP contribution is 2.41. The molecule has 16 heteroatoms. The van der Waals surface area contributed by atoms with E-state index < -0.39 is 42.7 Å². The number of nitrogens with zero attached hydrogens (tertiary/aromatic N) is 5. The van der Waals surface area contributed by atoms with Gasteiger partial charge >= 0.3 is 13.8 Å².